The van der Waals surface area contributed by atoms with Gasteiger partial charge in [-0.15, -0.1) is 0 Å². The smallest absolute Gasteiger partial charge is 0.254 e. The molecule has 1 unspecified atom stereocenters. The van der Waals surface area contributed by atoms with Crippen LogP contribution < -0.4 is 5.32 Å². The molecule has 1 saturated heterocycles. The van der Waals surface area contributed by atoms with E-state index in [-0.39, 0.29) is 23.5 Å². The highest BCUT2D eigenvalue weighted by atomic mass is 32.2. The molecule has 1 atom stereocenters. The SMILES string of the molecule is CCNc1cc(C(=O)N(C)C2CCS(=O)(=O)C2)cc(C)n1. The summed E-state index contributed by atoms with van der Waals surface area (Å²) in [6.45, 7) is 4.51. The van der Waals surface area contributed by atoms with E-state index >= 15 is 0 Å². The minimum Gasteiger partial charge on any atom is -0.370 e. The van der Waals surface area contributed by atoms with E-state index in [2.05, 4.69) is 10.3 Å². The summed E-state index contributed by atoms with van der Waals surface area (Å²) in [6.07, 6.45) is 0.509. The number of hydrogen-bond donors (Lipinski definition) is 1. The normalized spacial score (nSPS) is 20.2. The fourth-order valence-electron chi connectivity index (χ4n) is 2.51. The molecule has 1 N–H and O–H groups in total. The molecular weight excluding hydrogens is 290 g/mol. The number of aryl methyl sites for hydroxylation is 1. The first-order valence-corrected chi connectivity index (χ1v) is 8.84. The Labute approximate surface area is 125 Å². The van der Waals surface area contributed by atoms with Crippen LogP contribution in [0.25, 0.3) is 0 Å². The Morgan fingerprint density at radius 2 is 2.19 bits per heavy atom. The summed E-state index contributed by atoms with van der Waals surface area (Å²) in [5, 5.41) is 3.09. The summed E-state index contributed by atoms with van der Waals surface area (Å²) in [5.74, 6) is 0.710. The van der Waals surface area contributed by atoms with Gasteiger partial charge in [-0.25, -0.2) is 13.4 Å². The van der Waals surface area contributed by atoms with Crippen molar-refractivity contribution >= 4 is 21.6 Å². The molecule has 1 aromatic heterocycles. The zero-order valence-electron chi connectivity index (χ0n) is 12.6. The van der Waals surface area contributed by atoms with Crippen molar-refractivity contribution in [3.05, 3.63) is 23.4 Å². The summed E-state index contributed by atoms with van der Waals surface area (Å²) in [5.41, 5.74) is 1.29. The van der Waals surface area contributed by atoms with Gasteiger partial charge in [0.1, 0.15) is 5.82 Å². The molecule has 0 saturated carbocycles. The number of aromatic nitrogens is 1. The molecule has 1 aliphatic rings. The monoisotopic (exact) mass is 311 g/mol. The van der Waals surface area contributed by atoms with Crippen LogP contribution in [0.4, 0.5) is 5.82 Å². The molecule has 1 aliphatic heterocycles. The van der Waals surface area contributed by atoms with Gasteiger partial charge in [0.2, 0.25) is 0 Å². The lowest BCUT2D eigenvalue weighted by Gasteiger charge is -2.23. The van der Waals surface area contributed by atoms with Crippen LogP contribution in [0.15, 0.2) is 12.1 Å². The summed E-state index contributed by atoms with van der Waals surface area (Å²) in [7, 11) is -1.34. The number of nitrogens with zero attached hydrogens (tertiary/aromatic N) is 2. The lowest BCUT2D eigenvalue weighted by Crippen LogP contribution is -2.37. The molecule has 0 aliphatic carbocycles. The second-order valence-electron chi connectivity index (χ2n) is 5.39. The first-order valence-electron chi connectivity index (χ1n) is 7.02. The fourth-order valence-corrected chi connectivity index (χ4v) is 4.29. The Bertz CT molecular complexity index is 643. The number of rotatable bonds is 4. The average Bonchev–Trinajstić information content (AvgIpc) is 2.77. The Kier molecular flexibility index (Phi) is 4.51. The molecule has 2 rings (SSSR count). The Morgan fingerprint density at radius 3 is 2.76 bits per heavy atom. The summed E-state index contributed by atoms with van der Waals surface area (Å²) < 4.78 is 23.1. The van der Waals surface area contributed by atoms with Gasteiger partial charge < -0.3 is 10.2 Å². The zero-order chi connectivity index (χ0) is 15.6. The minimum absolute atomic E-state index is 0.0549. The second kappa shape index (κ2) is 6.01. The molecule has 6 nitrogen and oxygen atoms in total. The molecule has 2 heterocycles. The standard InChI is InChI=1S/C14H21N3O3S/c1-4-15-13-8-11(7-10(2)16-13)14(18)17(3)12-5-6-21(19,20)9-12/h7-8,12H,4-6,9H2,1-3H3,(H,15,16). The Hall–Kier alpha value is -1.63. The van der Waals surface area contributed by atoms with E-state index in [4.69, 9.17) is 0 Å². The van der Waals surface area contributed by atoms with Crippen molar-refractivity contribution in [2.45, 2.75) is 26.3 Å². The van der Waals surface area contributed by atoms with Gasteiger partial charge in [0, 0.05) is 30.9 Å². The number of nitrogens with one attached hydrogen (secondary N) is 1. The lowest BCUT2D eigenvalue weighted by atomic mass is 10.1. The predicted molar refractivity (Wildman–Crippen MR) is 82.3 cm³/mol. The number of anilines is 1. The van der Waals surface area contributed by atoms with E-state index in [0.29, 0.717) is 17.8 Å². The van der Waals surface area contributed by atoms with Crippen LogP contribution in [0.3, 0.4) is 0 Å². The highest BCUT2D eigenvalue weighted by molar-refractivity contribution is 7.91. The van der Waals surface area contributed by atoms with Gasteiger partial charge in [-0.3, -0.25) is 4.79 Å². The second-order valence-corrected chi connectivity index (χ2v) is 7.61. The molecule has 0 radical (unpaired) electrons. The van der Waals surface area contributed by atoms with Gasteiger partial charge in [0.15, 0.2) is 9.84 Å². The van der Waals surface area contributed by atoms with Gasteiger partial charge in [-0.1, -0.05) is 0 Å². The number of sulfone groups is 1. The van der Waals surface area contributed by atoms with E-state index in [0.717, 1.165) is 12.2 Å². The van der Waals surface area contributed by atoms with E-state index in [9.17, 15) is 13.2 Å². The van der Waals surface area contributed by atoms with Crippen molar-refractivity contribution in [1.29, 1.82) is 0 Å². The van der Waals surface area contributed by atoms with Crippen LogP contribution in [0.2, 0.25) is 0 Å². The molecule has 0 bridgehead atoms. The summed E-state index contributed by atoms with van der Waals surface area (Å²) in [6, 6.07) is 3.20. The predicted octanol–water partition coefficient (Wildman–Crippen LogP) is 1.08. The maximum absolute atomic E-state index is 12.5. The molecule has 116 valence electrons. The number of amides is 1. The van der Waals surface area contributed by atoms with Crippen molar-refractivity contribution in [2.24, 2.45) is 0 Å². The molecule has 21 heavy (non-hydrogen) atoms. The van der Waals surface area contributed by atoms with E-state index in [1.165, 1.54) is 4.90 Å². The van der Waals surface area contributed by atoms with Crippen molar-refractivity contribution in [2.75, 3.05) is 30.4 Å². The molecule has 7 heteroatoms. The highest BCUT2D eigenvalue weighted by Crippen LogP contribution is 2.19. The van der Waals surface area contributed by atoms with Crippen molar-refractivity contribution in [3.63, 3.8) is 0 Å². The van der Waals surface area contributed by atoms with Crippen molar-refractivity contribution in [3.8, 4) is 0 Å². The Morgan fingerprint density at radius 1 is 1.48 bits per heavy atom. The third kappa shape index (κ3) is 3.72. The number of carbonyl (C=O) groups is 1. The third-order valence-corrected chi connectivity index (χ3v) is 5.39. The van der Waals surface area contributed by atoms with Crippen molar-refractivity contribution in [1.82, 2.24) is 9.88 Å². The van der Waals surface area contributed by atoms with Gasteiger partial charge >= 0.3 is 0 Å². The molecule has 1 amide bonds. The van der Waals surface area contributed by atoms with Gasteiger partial charge in [0.05, 0.1) is 11.5 Å². The van der Waals surface area contributed by atoms with Crippen LogP contribution in [-0.4, -0.2) is 55.3 Å². The molecule has 1 fully saturated rings. The van der Waals surface area contributed by atoms with Crippen LogP contribution in [0, 0.1) is 6.92 Å². The van der Waals surface area contributed by atoms with Gasteiger partial charge in [-0.05, 0) is 32.4 Å². The number of carbonyl (C=O) groups excluding carboxylic acids is 1. The first kappa shape index (κ1) is 15.8. The average molecular weight is 311 g/mol. The van der Waals surface area contributed by atoms with Crippen LogP contribution in [0.1, 0.15) is 29.4 Å². The zero-order valence-corrected chi connectivity index (χ0v) is 13.4. The fraction of sp³-hybridized carbons (Fsp3) is 0.571. The van der Waals surface area contributed by atoms with Gasteiger partial charge in [-0.2, -0.15) is 0 Å². The highest BCUT2D eigenvalue weighted by Gasteiger charge is 2.33. The first-order chi connectivity index (χ1) is 9.82. The lowest BCUT2D eigenvalue weighted by molar-refractivity contribution is 0.0747. The Balaban J connectivity index is 2.19. The third-order valence-electron chi connectivity index (χ3n) is 3.63. The summed E-state index contributed by atoms with van der Waals surface area (Å²) >= 11 is 0. The van der Waals surface area contributed by atoms with E-state index in [1.807, 2.05) is 13.8 Å². The molecular formula is C14H21N3O3S. The quantitative estimate of drug-likeness (QED) is 0.900. The van der Waals surface area contributed by atoms with E-state index in [1.54, 1.807) is 19.2 Å². The number of hydrogen-bond acceptors (Lipinski definition) is 5. The number of pyridine rings is 1. The maximum atomic E-state index is 12.5. The van der Waals surface area contributed by atoms with Gasteiger partial charge in [0.25, 0.3) is 5.91 Å². The van der Waals surface area contributed by atoms with Crippen LogP contribution >= 0.6 is 0 Å². The molecule has 0 aromatic carbocycles. The minimum atomic E-state index is -3.00. The summed E-state index contributed by atoms with van der Waals surface area (Å²) in [4.78, 5) is 18.4. The van der Waals surface area contributed by atoms with E-state index < -0.39 is 9.84 Å². The molecule has 0 spiro atoms. The maximum Gasteiger partial charge on any atom is 0.254 e. The van der Waals surface area contributed by atoms with Crippen LogP contribution in [-0.2, 0) is 9.84 Å². The topological polar surface area (TPSA) is 79.4 Å². The van der Waals surface area contributed by atoms with Crippen LogP contribution in [0.5, 0.6) is 0 Å². The largest absolute Gasteiger partial charge is 0.370 e. The van der Waals surface area contributed by atoms with Crippen molar-refractivity contribution < 1.29 is 13.2 Å². The molecule has 1 aromatic rings.